The Balaban J connectivity index is 3.39. The van der Waals surface area contributed by atoms with E-state index in [1.807, 2.05) is 0 Å². The van der Waals surface area contributed by atoms with Crippen LogP contribution >= 0.6 is 12.2 Å². The van der Waals surface area contributed by atoms with Crippen molar-refractivity contribution < 1.29 is 18.8 Å². The fraction of sp³-hybridized carbons (Fsp3) is 0.783. The van der Waals surface area contributed by atoms with E-state index in [2.05, 4.69) is 75.1 Å². The lowest BCUT2D eigenvalue weighted by molar-refractivity contribution is -0.192. The zero-order chi connectivity index (χ0) is 23.7. The highest BCUT2D eigenvalue weighted by atomic mass is 32.1. The third kappa shape index (κ3) is 5.59. The number of β-lactam (4-membered cyclic amide) rings is 1. The molecule has 0 aromatic rings. The third-order valence-corrected chi connectivity index (χ3v) is 8.09. The molecule has 0 radical (unpaired) electrons. The number of esters is 1. The van der Waals surface area contributed by atoms with Crippen molar-refractivity contribution >= 4 is 38.0 Å². The smallest absolute Gasteiger partial charge is 0.325 e. The van der Waals surface area contributed by atoms with E-state index in [9.17, 15) is 9.59 Å². The summed E-state index contributed by atoms with van der Waals surface area (Å²) in [6.07, 6.45) is 1.52. The first-order valence-electron chi connectivity index (χ1n) is 10.8. The van der Waals surface area contributed by atoms with Gasteiger partial charge in [0.2, 0.25) is 5.91 Å². The summed E-state index contributed by atoms with van der Waals surface area (Å²) in [5, 5.41) is 0. The van der Waals surface area contributed by atoms with Gasteiger partial charge in [0.15, 0.2) is 9.04 Å². The van der Waals surface area contributed by atoms with E-state index in [1.54, 1.807) is 4.90 Å². The van der Waals surface area contributed by atoms with Gasteiger partial charge in [0, 0.05) is 10.8 Å². The summed E-state index contributed by atoms with van der Waals surface area (Å²) in [6.45, 7) is 24.6. The number of nitrogens with zero attached hydrogens (tertiary/aromatic N) is 1. The van der Waals surface area contributed by atoms with E-state index in [4.69, 9.17) is 21.4 Å². The van der Waals surface area contributed by atoms with Gasteiger partial charge in [-0.25, -0.2) is 0 Å². The molecule has 1 fully saturated rings. The number of carbonyl (C=O) groups is 2. The van der Waals surface area contributed by atoms with Crippen molar-refractivity contribution in [2.24, 2.45) is 22.7 Å². The second-order valence-electron chi connectivity index (χ2n) is 10.8. The van der Waals surface area contributed by atoms with Crippen molar-refractivity contribution in [2.45, 2.75) is 80.1 Å². The Hall–Kier alpha value is -1.05. The highest BCUT2D eigenvalue weighted by Crippen LogP contribution is 2.50. The van der Waals surface area contributed by atoms with Crippen LogP contribution in [-0.4, -0.2) is 55.5 Å². The topological polar surface area (TPSA) is 55.8 Å². The van der Waals surface area contributed by atoms with Crippen LogP contribution in [-0.2, 0) is 18.8 Å². The molecule has 0 N–H and O–H groups in total. The Labute approximate surface area is 190 Å². The van der Waals surface area contributed by atoms with E-state index in [0.717, 1.165) is 4.86 Å². The lowest BCUT2D eigenvalue weighted by Gasteiger charge is -2.60. The minimum Gasteiger partial charge on any atom is -0.460 e. The van der Waals surface area contributed by atoms with Gasteiger partial charge < -0.3 is 14.1 Å². The number of ether oxygens (including phenoxy) is 1. The Morgan fingerprint density at radius 1 is 1.23 bits per heavy atom. The van der Waals surface area contributed by atoms with Crippen LogP contribution in [0.15, 0.2) is 12.7 Å². The molecule has 0 bridgehead atoms. The van der Waals surface area contributed by atoms with Crippen molar-refractivity contribution in [3.05, 3.63) is 12.7 Å². The van der Waals surface area contributed by atoms with Gasteiger partial charge in [-0.3, -0.25) is 9.59 Å². The van der Waals surface area contributed by atoms with Crippen LogP contribution in [0.3, 0.4) is 0 Å². The van der Waals surface area contributed by atoms with Crippen molar-refractivity contribution in [3.8, 4) is 0 Å². The zero-order valence-electron chi connectivity index (χ0n) is 20.5. The summed E-state index contributed by atoms with van der Waals surface area (Å²) in [6, 6.07) is -0.211. The highest BCUT2D eigenvalue weighted by Gasteiger charge is 2.63. The fourth-order valence-electron chi connectivity index (χ4n) is 4.25. The second kappa shape index (κ2) is 9.61. The van der Waals surface area contributed by atoms with Crippen LogP contribution in [0, 0.1) is 22.7 Å². The summed E-state index contributed by atoms with van der Waals surface area (Å²) in [4.78, 5) is 28.2. The van der Waals surface area contributed by atoms with Gasteiger partial charge in [0.1, 0.15) is 13.2 Å². The maximum atomic E-state index is 13.4. The van der Waals surface area contributed by atoms with Crippen molar-refractivity contribution in [1.82, 2.24) is 4.90 Å². The molecule has 0 saturated carbocycles. The summed E-state index contributed by atoms with van der Waals surface area (Å²) in [5.41, 5.74) is -1.10. The van der Waals surface area contributed by atoms with Crippen molar-refractivity contribution in [2.75, 3.05) is 13.2 Å². The minimum atomic E-state index is -1.45. The molecule has 0 unspecified atom stereocenters. The van der Waals surface area contributed by atoms with Crippen LogP contribution in [0.4, 0.5) is 0 Å². The summed E-state index contributed by atoms with van der Waals surface area (Å²) >= 11 is 5.82. The number of hydrogen-bond donors (Lipinski definition) is 0. The second-order valence-corrected chi connectivity index (χ2v) is 13.6. The first-order chi connectivity index (χ1) is 13.5. The summed E-state index contributed by atoms with van der Waals surface area (Å²) in [7, 11) is -1.45. The van der Waals surface area contributed by atoms with Crippen LogP contribution < -0.4 is 0 Å². The zero-order valence-corrected chi connectivity index (χ0v) is 22.5. The van der Waals surface area contributed by atoms with E-state index >= 15 is 0 Å². The van der Waals surface area contributed by atoms with Gasteiger partial charge in [0.05, 0.1) is 17.6 Å². The predicted molar refractivity (Wildman–Crippen MR) is 129 cm³/mol. The normalized spacial score (nSPS) is 22.9. The fourth-order valence-corrected chi connectivity index (χ4v) is 5.87. The molecule has 5 nitrogen and oxygen atoms in total. The van der Waals surface area contributed by atoms with Gasteiger partial charge in [-0.15, -0.1) is 0 Å². The molecule has 0 aliphatic carbocycles. The van der Waals surface area contributed by atoms with Crippen molar-refractivity contribution in [1.29, 1.82) is 0 Å². The lowest BCUT2D eigenvalue weighted by Crippen LogP contribution is -2.74. The van der Waals surface area contributed by atoms with Gasteiger partial charge in [0.25, 0.3) is 0 Å². The molecule has 30 heavy (non-hydrogen) atoms. The Bertz CT molecular complexity index is 680. The lowest BCUT2D eigenvalue weighted by atomic mass is 9.60. The van der Waals surface area contributed by atoms with E-state index in [0.29, 0.717) is 0 Å². The molecular formula is C23H41NO4SSi. The van der Waals surface area contributed by atoms with Gasteiger partial charge in [-0.2, -0.15) is 0 Å². The standard InChI is InChI=1S/C23H41NO4SSi/c1-12-13-27-16(25)14-24-18(15(2)19(29)21(3,4)5)17(20(24)26)23(9,22(6,7)8)28-30(10)11/h12,15,17-18,30H,1,13-14H2,2-11H3/t15-,17-,18-,23-/m1/s1. The van der Waals surface area contributed by atoms with Crippen LogP contribution in [0.2, 0.25) is 13.1 Å². The third-order valence-electron chi connectivity index (χ3n) is 6.14. The first kappa shape index (κ1) is 27.0. The SMILES string of the molecule is C=CCOC(=O)CN1C(=O)[C@H]([C@@](C)(O[SiH](C)C)C(C)(C)C)[C@H]1[C@@H](C)C(=S)C(C)(C)C. The summed E-state index contributed by atoms with van der Waals surface area (Å²) < 4.78 is 11.7. The monoisotopic (exact) mass is 455 g/mol. The Morgan fingerprint density at radius 3 is 2.17 bits per heavy atom. The number of amides is 1. The van der Waals surface area contributed by atoms with Crippen LogP contribution in [0.1, 0.15) is 55.4 Å². The van der Waals surface area contributed by atoms with Crippen LogP contribution in [0.25, 0.3) is 0 Å². The van der Waals surface area contributed by atoms with Crippen molar-refractivity contribution in [3.63, 3.8) is 0 Å². The molecule has 1 aliphatic rings. The Morgan fingerprint density at radius 2 is 1.77 bits per heavy atom. The van der Waals surface area contributed by atoms with Gasteiger partial charge >= 0.3 is 5.97 Å². The quantitative estimate of drug-likeness (QED) is 0.170. The molecule has 7 heteroatoms. The molecule has 172 valence electrons. The number of thiocarbonyl (C=S) groups is 1. The molecule has 0 aromatic heterocycles. The summed E-state index contributed by atoms with van der Waals surface area (Å²) in [5.74, 6) is -0.924. The first-order valence-corrected chi connectivity index (χ1v) is 14.0. The average molecular weight is 456 g/mol. The molecule has 1 amide bonds. The molecule has 0 spiro atoms. The maximum Gasteiger partial charge on any atom is 0.325 e. The largest absolute Gasteiger partial charge is 0.460 e. The maximum absolute atomic E-state index is 13.4. The number of hydrogen-bond acceptors (Lipinski definition) is 5. The van der Waals surface area contributed by atoms with E-state index in [-0.39, 0.29) is 47.8 Å². The molecule has 1 rings (SSSR count). The molecule has 1 aliphatic heterocycles. The molecule has 1 saturated heterocycles. The number of rotatable bonds is 9. The van der Waals surface area contributed by atoms with Gasteiger partial charge in [-0.05, 0) is 30.8 Å². The molecular weight excluding hydrogens is 414 g/mol. The highest BCUT2D eigenvalue weighted by molar-refractivity contribution is 7.80. The predicted octanol–water partition coefficient (Wildman–Crippen LogP) is 4.40. The molecule has 0 aromatic carbocycles. The minimum absolute atomic E-state index is 0.0611. The molecule has 4 atom stereocenters. The number of likely N-dealkylation sites (tertiary alicyclic amines) is 1. The van der Waals surface area contributed by atoms with Gasteiger partial charge in [-0.1, -0.05) is 73.3 Å². The average Bonchev–Trinajstić information content (AvgIpc) is 2.58. The molecule has 1 heterocycles. The Kier molecular flexibility index (Phi) is 8.65. The van der Waals surface area contributed by atoms with E-state index in [1.165, 1.54) is 6.08 Å². The van der Waals surface area contributed by atoms with Crippen LogP contribution in [0.5, 0.6) is 0 Å². The van der Waals surface area contributed by atoms with E-state index < -0.39 is 20.6 Å². The number of carbonyl (C=O) groups excluding carboxylic acids is 2.